The lowest BCUT2D eigenvalue weighted by atomic mass is 10.2. The van der Waals surface area contributed by atoms with Crippen molar-refractivity contribution in [2.75, 3.05) is 0 Å². The average molecular weight is 257 g/mol. The van der Waals surface area contributed by atoms with Crippen molar-refractivity contribution < 1.29 is 4.79 Å². The van der Waals surface area contributed by atoms with Crippen molar-refractivity contribution in [1.29, 1.82) is 0 Å². The van der Waals surface area contributed by atoms with E-state index < -0.39 is 0 Å². The zero-order chi connectivity index (χ0) is 10.7. The first-order valence-corrected chi connectivity index (χ1v) is 5.25. The highest BCUT2D eigenvalue weighted by Gasteiger charge is 2.13. The van der Waals surface area contributed by atoms with E-state index in [0.717, 1.165) is 22.3 Å². The minimum Gasteiger partial charge on any atom is -0.294 e. The van der Waals surface area contributed by atoms with E-state index in [9.17, 15) is 4.79 Å². The summed E-state index contributed by atoms with van der Waals surface area (Å²) in [5.74, 6) is 0.0105. The lowest BCUT2D eigenvalue weighted by molar-refractivity contribution is -0.114. The first-order chi connectivity index (χ1) is 6.60. The Morgan fingerprint density at radius 3 is 2.79 bits per heavy atom. The number of hydrogen-bond acceptors (Lipinski definition) is 2. The second kappa shape index (κ2) is 4.55. The Morgan fingerprint density at radius 1 is 1.71 bits per heavy atom. The molecule has 0 amide bonds. The van der Waals surface area contributed by atoms with Gasteiger partial charge in [0.2, 0.25) is 0 Å². The van der Waals surface area contributed by atoms with Crippen LogP contribution >= 0.6 is 15.9 Å². The Bertz CT molecular complexity index is 368. The van der Waals surface area contributed by atoms with Crippen LogP contribution in [0.5, 0.6) is 0 Å². The van der Waals surface area contributed by atoms with Gasteiger partial charge in [-0.25, -0.2) is 0 Å². The lowest BCUT2D eigenvalue weighted by Crippen LogP contribution is -2.05. The molecule has 1 rings (SSSR count). The highest BCUT2D eigenvalue weighted by molar-refractivity contribution is 9.10. The van der Waals surface area contributed by atoms with Crippen molar-refractivity contribution in [3.05, 3.63) is 28.5 Å². The van der Waals surface area contributed by atoms with Crippen LogP contribution in [0, 0.1) is 0 Å². The number of hydrogen-bond donors (Lipinski definition) is 0. The molecule has 14 heavy (non-hydrogen) atoms. The van der Waals surface area contributed by atoms with Gasteiger partial charge in [0, 0.05) is 7.05 Å². The number of nitrogens with zero attached hydrogens (tertiary/aromatic N) is 2. The Labute approximate surface area is 91.9 Å². The average Bonchev–Trinajstić information content (AvgIpc) is 2.44. The highest BCUT2D eigenvalue weighted by atomic mass is 79.9. The minimum absolute atomic E-state index is 0.0105. The zero-order valence-corrected chi connectivity index (χ0v) is 9.97. The van der Waals surface area contributed by atoms with Crippen LogP contribution in [0.25, 0.3) is 0 Å². The predicted octanol–water partition coefficient (Wildman–Crippen LogP) is 2.04. The van der Waals surface area contributed by atoms with Crippen LogP contribution in [-0.4, -0.2) is 15.6 Å². The third-order valence-corrected chi connectivity index (χ3v) is 2.99. The van der Waals surface area contributed by atoms with Crippen LogP contribution in [0.2, 0.25) is 0 Å². The van der Waals surface area contributed by atoms with Gasteiger partial charge in [-0.05, 0) is 28.4 Å². The number of carbonyl (C=O) groups is 1. The molecule has 3 nitrogen and oxygen atoms in total. The molecule has 0 atom stereocenters. The van der Waals surface area contributed by atoms with E-state index in [1.165, 1.54) is 6.08 Å². The second-order valence-electron chi connectivity index (χ2n) is 3.03. The largest absolute Gasteiger partial charge is 0.294 e. The quantitative estimate of drug-likeness (QED) is 0.773. The van der Waals surface area contributed by atoms with Crippen molar-refractivity contribution >= 4 is 21.7 Å². The lowest BCUT2D eigenvalue weighted by Gasteiger charge is -1.98. The Hall–Kier alpha value is -0.900. The van der Waals surface area contributed by atoms with Gasteiger partial charge in [0.1, 0.15) is 0 Å². The molecule has 0 aromatic carbocycles. The zero-order valence-electron chi connectivity index (χ0n) is 8.38. The SMILES string of the molecule is C=CC(=O)Cc1c(Br)c(CC)nn1C. The molecule has 0 aliphatic rings. The van der Waals surface area contributed by atoms with Gasteiger partial charge < -0.3 is 0 Å². The van der Waals surface area contributed by atoms with E-state index in [-0.39, 0.29) is 5.78 Å². The first-order valence-electron chi connectivity index (χ1n) is 4.45. The fourth-order valence-electron chi connectivity index (χ4n) is 1.25. The molecule has 0 radical (unpaired) electrons. The van der Waals surface area contributed by atoms with Crippen molar-refractivity contribution in [2.24, 2.45) is 7.05 Å². The maximum absolute atomic E-state index is 11.2. The summed E-state index contributed by atoms with van der Waals surface area (Å²) < 4.78 is 2.68. The molecule has 1 aromatic rings. The maximum Gasteiger partial charge on any atom is 0.161 e. The molecule has 0 unspecified atom stereocenters. The van der Waals surface area contributed by atoms with E-state index in [4.69, 9.17) is 0 Å². The molecule has 0 N–H and O–H groups in total. The molecule has 0 bridgehead atoms. The van der Waals surface area contributed by atoms with Crippen molar-refractivity contribution in [1.82, 2.24) is 9.78 Å². The van der Waals surface area contributed by atoms with Crippen molar-refractivity contribution in [3.8, 4) is 0 Å². The molecule has 4 heteroatoms. The molecular formula is C10H13BrN2O. The van der Waals surface area contributed by atoms with Crippen molar-refractivity contribution in [3.63, 3.8) is 0 Å². The molecule has 1 heterocycles. The number of ketones is 1. The third kappa shape index (κ3) is 2.12. The summed E-state index contributed by atoms with van der Waals surface area (Å²) in [6.45, 7) is 5.48. The second-order valence-corrected chi connectivity index (χ2v) is 3.82. The summed E-state index contributed by atoms with van der Waals surface area (Å²) in [7, 11) is 1.84. The van der Waals surface area contributed by atoms with Crippen LogP contribution in [0.15, 0.2) is 17.1 Å². The number of rotatable bonds is 4. The molecule has 0 aliphatic carbocycles. The number of aryl methyl sites for hydroxylation is 2. The number of halogens is 1. The topological polar surface area (TPSA) is 34.9 Å². The number of aromatic nitrogens is 2. The molecule has 1 aromatic heterocycles. The summed E-state index contributed by atoms with van der Waals surface area (Å²) in [4.78, 5) is 11.2. The maximum atomic E-state index is 11.2. The van der Waals surface area contributed by atoms with Gasteiger partial charge in [0.15, 0.2) is 5.78 Å². The third-order valence-electron chi connectivity index (χ3n) is 2.07. The predicted molar refractivity (Wildman–Crippen MR) is 59.2 cm³/mol. The van der Waals surface area contributed by atoms with Crippen LogP contribution in [0.4, 0.5) is 0 Å². The van der Waals surface area contributed by atoms with Crippen LogP contribution in [0.1, 0.15) is 18.3 Å². The monoisotopic (exact) mass is 256 g/mol. The first kappa shape index (κ1) is 11.2. The van der Waals surface area contributed by atoms with Gasteiger partial charge in [0.25, 0.3) is 0 Å². The molecule has 0 spiro atoms. The Morgan fingerprint density at radius 2 is 2.36 bits per heavy atom. The summed E-state index contributed by atoms with van der Waals surface area (Å²) in [5.41, 5.74) is 1.89. The van der Waals surface area contributed by atoms with E-state index in [1.54, 1.807) is 4.68 Å². The number of allylic oxidation sites excluding steroid dienone is 1. The van der Waals surface area contributed by atoms with Gasteiger partial charge in [-0.2, -0.15) is 5.10 Å². The van der Waals surface area contributed by atoms with Gasteiger partial charge in [0.05, 0.1) is 22.3 Å². The molecule has 76 valence electrons. The minimum atomic E-state index is 0.0105. The Balaban J connectivity index is 3.02. The van der Waals surface area contributed by atoms with E-state index in [2.05, 4.69) is 27.6 Å². The van der Waals surface area contributed by atoms with Gasteiger partial charge in [-0.3, -0.25) is 9.48 Å². The summed E-state index contributed by atoms with van der Waals surface area (Å²) in [5, 5.41) is 4.30. The standard InChI is InChI=1S/C10H13BrN2O/c1-4-7(14)6-9-10(11)8(5-2)12-13(9)3/h4H,1,5-6H2,2-3H3. The van der Waals surface area contributed by atoms with Crippen LogP contribution in [-0.2, 0) is 24.7 Å². The molecule has 0 saturated heterocycles. The number of carbonyl (C=O) groups excluding carboxylic acids is 1. The summed E-state index contributed by atoms with van der Waals surface area (Å²) in [6, 6.07) is 0. The van der Waals surface area contributed by atoms with E-state index in [1.807, 2.05) is 14.0 Å². The highest BCUT2D eigenvalue weighted by Crippen LogP contribution is 2.22. The molecule has 0 fully saturated rings. The van der Waals surface area contributed by atoms with Crippen LogP contribution < -0.4 is 0 Å². The van der Waals surface area contributed by atoms with Gasteiger partial charge in [-0.1, -0.05) is 13.5 Å². The van der Waals surface area contributed by atoms with E-state index in [0.29, 0.717) is 6.42 Å². The van der Waals surface area contributed by atoms with E-state index >= 15 is 0 Å². The summed E-state index contributed by atoms with van der Waals surface area (Å²) >= 11 is 3.45. The van der Waals surface area contributed by atoms with Crippen LogP contribution in [0.3, 0.4) is 0 Å². The van der Waals surface area contributed by atoms with Gasteiger partial charge in [-0.15, -0.1) is 0 Å². The molecule has 0 saturated carbocycles. The molecule has 0 aliphatic heterocycles. The summed E-state index contributed by atoms with van der Waals surface area (Å²) in [6.07, 6.45) is 2.55. The van der Waals surface area contributed by atoms with Gasteiger partial charge >= 0.3 is 0 Å². The fraction of sp³-hybridized carbons (Fsp3) is 0.400. The fourth-order valence-corrected chi connectivity index (χ4v) is 2.01. The smallest absolute Gasteiger partial charge is 0.161 e. The molecular weight excluding hydrogens is 244 g/mol. The van der Waals surface area contributed by atoms with Crippen molar-refractivity contribution in [2.45, 2.75) is 19.8 Å². The Kier molecular flexibility index (Phi) is 3.63. The normalized spacial score (nSPS) is 10.2.